The lowest BCUT2D eigenvalue weighted by Gasteiger charge is -2.09. The molecule has 1 rings (SSSR count). The van der Waals surface area contributed by atoms with E-state index in [2.05, 4.69) is 0 Å². The van der Waals surface area contributed by atoms with Crippen molar-refractivity contribution in [3.8, 4) is 5.75 Å². The molecule has 0 heterocycles. The van der Waals surface area contributed by atoms with E-state index in [1.165, 1.54) is 57.8 Å². The van der Waals surface area contributed by atoms with Gasteiger partial charge in [-0.25, -0.2) is 0 Å². The maximum atomic E-state index is 6.10. The first-order valence-corrected chi connectivity index (χ1v) is 14.9. The average molecular weight is 420 g/mol. The lowest BCUT2D eigenvalue weighted by Crippen LogP contribution is -2.11. The van der Waals surface area contributed by atoms with Gasteiger partial charge in [0.2, 0.25) is 6.69 Å². The Morgan fingerprint density at radius 1 is 0.692 bits per heavy atom. The summed E-state index contributed by atoms with van der Waals surface area (Å²) in [5.74, 6) is 0.936. The Morgan fingerprint density at radius 3 is 1.85 bits per heavy atom. The van der Waals surface area contributed by atoms with Gasteiger partial charge in [0.15, 0.2) is 0 Å². The zero-order chi connectivity index (χ0) is 18.9. The van der Waals surface area contributed by atoms with Crippen LogP contribution in [0.25, 0.3) is 0 Å². The topological polar surface area (TPSA) is 18.5 Å². The fourth-order valence-electron chi connectivity index (χ4n) is 2.85. The van der Waals surface area contributed by atoms with Gasteiger partial charge >= 0.3 is 0 Å². The molecule has 1 aromatic carbocycles. The third-order valence-corrected chi connectivity index (χ3v) is 6.71. The van der Waals surface area contributed by atoms with Gasteiger partial charge in [-0.15, -0.1) is 22.2 Å². The van der Waals surface area contributed by atoms with Crippen LogP contribution in [0.5, 0.6) is 5.75 Å². The normalized spacial score (nSPS) is 11.7. The van der Waals surface area contributed by atoms with E-state index in [0.717, 1.165) is 38.0 Å². The highest BCUT2D eigenvalue weighted by molar-refractivity contribution is 7.44. The summed E-state index contributed by atoms with van der Waals surface area (Å²) in [5.41, 5.74) is 0. The van der Waals surface area contributed by atoms with Crippen LogP contribution in [0.15, 0.2) is 30.3 Å². The molecule has 0 spiro atoms. The van der Waals surface area contributed by atoms with Crippen molar-refractivity contribution in [2.24, 2.45) is 0 Å². The molecule has 0 aromatic heterocycles. The minimum atomic E-state index is -1.85. The Bertz CT molecular complexity index is 424. The summed E-state index contributed by atoms with van der Waals surface area (Å²) in [4.78, 5) is 0. The second-order valence-electron chi connectivity index (χ2n) is 7.13. The molecule has 1 aromatic rings. The molecule has 0 N–H and O–H groups in total. The third kappa shape index (κ3) is 16.0. The first kappa shape index (κ1) is 23.8. The second-order valence-corrected chi connectivity index (χ2v) is 15.4. The Kier molecular flexibility index (Phi) is 14.5. The maximum Gasteiger partial charge on any atom is 0.248 e. The van der Waals surface area contributed by atoms with Crippen molar-refractivity contribution in [3.63, 3.8) is 0 Å². The Hall–Kier alpha value is -0.223. The third-order valence-electron chi connectivity index (χ3n) is 4.35. The van der Waals surface area contributed by atoms with Crippen molar-refractivity contribution in [2.75, 3.05) is 19.8 Å². The molecule has 5 heteroatoms. The lowest BCUT2D eigenvalue weighted by molar-refractivity contribution is 0.115. The molecule has 0 radical (unpaired) electrons. The molecule has 0 bridgehead atoms. The average Bonchev–Trinajstić information content (AvgIpc) is 2.61. The predicted molar refractivity (Wildman–Crippen MR) is 117 cm³/mol. The molecule has 0 unspecified atom stereocenters. The molecule has 0 atom stereocenters. The first-order valence-electron chi connectivity index (χ1n) is 10.2. The van der Waals surface area contributed by atoms with E-state index in [1.807, 2.05) is 36.9 Å². The van der Waals surface area contributed by atoms with E-state index in [1.54, 1.807) is 0 Å². The highest BCUT2D eigenvalue weighted by Crippen LogP contribution is 2.23. The fraction of sp³-hybridized carbons (Fsp3) is 0.714. The van der Waals surface area contributed by atoms with Gasteiger partial charge in [0.1, 0.15) is 5.75 Å². The monoisotopic (exact) mass is 418 g/mol. The van der Waals surface area contributed by atoms with E-state index >= 15 is 0 Å². The second kappa shape index (κ2) is 15.8. The van der Waals surface area contributed by atoms with Gasteiger partial charge < -0.3 is 9.47 Å². The molecule has 0 saturated heterocycles. The van der Waals surface area contributed by atoms with Crippen LogP contribution in [0.2, 0.25) is 12.6 Å². The highest BCUT2D eigenvalue weighted by atomic mass is 35.7. The Morgan fingerprint density at radius 2 is 1.23 bits per heavy atom. The maximum absolute atomic E-state index is 6.10. The number of rotatable bonds is 17. The van der Waals surface area contributed by atoms with Crippen LogP contribution in [-0.4, -0.2) is 26.5 Å². The van der Waals surface area contributed by atoms with Crippen molar-refractivity contribution in [1.82, 2.24) is 0 Å². The molecule has 0 fully saturated rings. The number of para-hydroxylation sites is 1. The summed E-state index contributed by atoms with van der Waals surface area (Å²) in [7, 11) is 0. The van der Waals surface area contributed by atoms with Gasteiger partial charge in [-0.3, -0.25) is 0 Å². The van der Waals surface area contributed by atoms with Crippen LogP contribution in [0.3, 0.4) is 0 Å². The minimum Gasteiger partial charge on any atom is -0.494 e. The van der Waals surface area contributed by atoms with Crippen molar-refractivity contribution >= 4 is 28.9 Å². The molecule has 0 aliphatic rings. The number of unbranched alkanes of at least 4 members (excludes halogenated alkanes) is 8. The summed E-state index contributed by atoms with van der Waals surface area (Å²) in [6.07, 6.45) is 12.6. The van der Waals surface area contributed by atoms with Crippen LogP contribution in [0, 0.1) is 0 Å². The number of hydrogen-bond acceptors (Lipinski definition) is 2. The standard InChI is InChI=1S/C21H36Cl2O2Si/c1-26(22,23)20-13-8-6-4-2-3-5-7-12-17-24-18-14-19-25-21-15-10-9-11-16-21/h9-11,15-16H,2-8,12-14,17-20H2,1H3. The Labute approximate surface area is 171 Å². The van der Waals surface area contributed by atoms with E-state index < -0.39 is 6.69 Å². The summed E-state index contributed by atoms with van der Waals surface area (Å²) < 4.78 is 11.3. The molecule has 0 aliphatic carbocycles. The van der Waals surface area contributed by atoms with Crippen molar-refractivity contribution in [2.45, 2.75) is 76.8 Å². The van der Waals surface area contributed by atoms with Gasteiger partial charge in [-0.05, 0) is 31.1 Å². The zero-order valence-electron chi connectivity index (χ0n) is 16.4. The van der Waals surface area contributed by atoms with Crippen LogP contribution in [0.4, 0.5) is 0 Å². The summed E-state index contributed by atoms with van der Waals surface area (Å²) >= 11 is 12.2. The molecule has 26 heavy (non-hydrogen) atoms. The minimum absolute atomic E-state index is 0.723. The summed E-state index contributed by atoms with van der Waals surface area (Å²) in [5, 5.41) is 0. The smallest absolute Gasteiger partial charge is 0.248 e. The highest BCUT2D eigenvalue weighted by Gasteiger charge is 2.19. The number of benzene rings is 1. The van der Waals surface area contributed by atoms with Gasteiger partial charge in [-0.1, -0.05) is 69.6 Å². The van der Waals surface area contributed by atoms with Crippen LogP contribution < -0.4 is 4.74 Å². The molecular formula is C21H36Cl2O2Si. The van der Waals surface area contributed by atoms with Crippen LogP contribution in [0.1, 0.15) is 64.2 Å². The van der Waals surface area contributed by atoms with E-state index in [4.69, 9.17) is 31.6 Å². The molecular weight excluding hydrogens is 383 g/mol. The largest absolute Gasteiger partial charge is 0.494 e. The Balaban J connectivity index is 1.72. The zero-order valence-corrected chi connectivity index (χ0v) is 18.9. The van der Waals surface area contributed by atoms with E-state index in [9.17, 15) is 0 Å². The van der Waals surface area contributed by atoms with Crippen molar-refractivity contribution < 1.29 is 9.47 Å². The predicted octanol–water partition coefficient (Wildman–Crippen LogP) is 7.53. The van der Waals surface area contributed by atoms with Gasteiger partial charge in [0.05, 0.1) is 6.61 Å². The van der Waals surface area contributed by atoms with Gasteiger partial charge in [0, 0.05) is 19.6 Å². The number of hydrogen-bond donors (Lipinski definition) is 0. The van der Waals surface area contributed by atoms with E-state index in [0.29, 0.717) is 0 Å². The molecule has 2 nitrogen and oxygen atoms in total. The summed E-state index contributed by atoms with van der Waals surface area (Å²) in [6, 6.07) is 11.0. The van der Waals surface area contributed by atoms with Gasteiger partial charge in [0.25, 0.3) is 0 Å². The fourth-order valence-corrected chi connectivity index (χ4v) is 4.52. The van der Waals surface area contributed by atoms with E-state index in [-0.39, 0.29) is 0 Å². The van der Waals surface area contributed by atoms with Crippen molar-refractivity contribution in [3.05, 3.63) is 30.3 Å². The van der Waals surface area contributed by atoms with Gasteiger partial charge in [-0.2, -0.15) is 0 Å². The van der Waals surface area contributed by atoms with Crippen LogP contribution in [-0.2, 0) is 4.74 Å². The molecule has 0 aliphatic heterocycles. The molecule has 0 saturated carbocycles. The molecule has 0 amide bonds. The molecule has 150 valence electrons. The number of halogens is 2. The summed E-state index contributed by atoms with van der Waals surface area (Å²) in [6.45, 7) is 2.55. The SMILES string of the molecule is C[Si](Cl)(Cl)CCCCCCCCCCCOCCCOc1ccccc1. The number of ether oxygens (including phenoxy) is 2. The first-order chi connectivity index (χ1) is 12.6. The quantitative estimate of drug-likeness (QED) is 0.148. The lowest BCUT2D eigenvalue weighted by atomic mass is 10.1. The van der Waals surface area contributed by atoms with Crippen LogP contribution >= 0.6 is 22.2 Å². The van der Waals surface area contributed by atoms with Crippen molar-refractivity contribution in [1.29, 1.82) is 0 Å².